The number of rotatable bonds is 3. The van der Waals surface area contributed by atoms with Crippen molar-refractivity contribution in [2.75, 3.05) is 6.54 Å². The van der Waals surface area contributed by atoms with Gasteiger partial charge in [0.1, 0.15) is 12.2 Å². The summed E-state index contributed by atoms with van der Waals surface area (Å²) in [5.41, 5.74) is 1.21. The lowest BCUT2D eigenvalue weighted by Gasteiger charge is -2.33. The van der Waals surface area contributed by atoms with Crippen LogP contribution in [0, 0.1) is 0 Å². The fourth-order valence-electron chi connectivity index (χ4n) is 3.05. The highest BCUT2D eigenvalue weighted by atomic mass is 35.5. The molecule has 0 saturated carbocycles. The largest absolute Gasteiger partial charge is 0.414 e. The standard InChI is InChI=1S/C17H22ClF3N3/c1-5-7-10(3)8-12-15(18)13(17(19,20)21)9-14-16(12)24(22,6-2)11(4)23-14/h7-9,15H,5-6,22H2,1-4H3/q+1. The van der Waals surface area contributed by atoms with Crippen LogP contribution in [-0.2, 0) is 0 Å². The summed E-state index contributed by atoms with van der Waals surface area (Å²) < 4.78 is 40.0. The molecule has 2 atom stereocenters. The first kappa shape index (κ1) is 19.0. The van der Waals surface area contributed by atoms with Crippen LogP contribution in [0.5, 0.6) is 0 Å². The van der Waals surface area contributed by atoms with Crippen LogP contribution in [0.2, 0.25) is 0 Å². The molecule has 2 N–H and O–H groups in total. The van der Waals surface area contributed by atoms with Gasteiger partial charge in [0.25, 0.3) is 0 Å². The normalized spacial score (nSPS) is 29.8. The summed E-state index contributed by atoms with van der Waals surface area (Å²) in [6.07, 6.45) is 0.910. The van der Waals surface area contributed by atoms with Crippen molar-refractivity contribution in [2.45, 2.75) is 45.7 Å². The van der Waals surface area contributed by atoms with E-state index >= 15 is 0 Å². The average molecular weight is 361 g/mol. The second kappa shape index (κ2) is 6.50. The van der Waals surface area contributed by atoms with Gasteiger partial charge in [0.2, 0.25) is 5.84 Å². The van der Waals surface area contributed by atoms with Crippen molar-refractivity contribution in [3.8, 4) is 0 Å². The van der Waals surface area contributed by atoms with Crippen molar-refractivity contribution in [1.82, 2.24) is 0 Å². The van der Waals surface area contributed by atoms with Crippen molar-refractivity contribution in [2.24, 2.45) is 10.8 Å². The van der Waals surface area contributed by atoms with Gasteiger partial charge < -0.3 is 0 Å². The molecule has 0 bridgehead atoms. The molecule has 7 heteroatoms. The minimum Gasteiger partial charge on any atom is -0.193 e. The van der Waals surface area contributed by atoms with Crippen LogP contribution in [0.3, 0.4) is 0 Å². The molecule has 132 valence electrons. The van der Waals surface area contributed by atoms with Gasteiger partial charge >= 0.3 is 6.18 Å². The number of hydrogen-bond acceptors (Lipinski definition) is 2. The van der Waals surface area contributed by atoms with Crippen LogP contribution in [0.1, 0.15) is 34.1 Å². The number of aliphatic imine (C=N–C) groups is 1. The Kier molecular flexibility index (Phi) is 5.14. The van der Waals surface area contributed by atoms with Gasteiger partial charge in [-0.25, -0.2) is 0 Å². The van der Waals surface area contributed by atoms with E-state index in [9.17, 15) is 13.2 Å². The molecule has 0 aromatic carbocycles. The summed E-state index contributed by atoms with van der Waals surface area (Å²) in [7, 11) is 0. The van der Waals surface area contributed by atoms with E-state index in [2.05, 4.69) is 4.99 Å². The Balaban J connectivity index is 2.72. The van der Waals surface area contributed by atoms with Crippen molar-refractivity contribution in [1.29, 1.82) is 0 Å². The Hall–Kier alpha value is -1.37. The number of quaternary nitrogens is 1. The van der Waals surface area contributed by atoms with Crippen molar-refractivity contribution >= 4 is 17.4 Å². The van der Waals surface area contributed by atoms with Crippen LogP contribution in [-0.4, -0.2) is 28.5 Å². The number of halogens is 4. The number of amidine groups is 1. The van der Waals surface area contributed by atoms with Gasteiger partial charge in [-0.2, -0.15) is 28.6 Å². The molecule has 0 aromatic rings. The predicted molar refractivity (Wildman–Crippen MR) is 91.0 cm³/mol. The van der Waals surface area contributed by atoms with Gasteiger partial charge in [0.05, 0.1) is 11.0 Å². The molecule has 0 fully saturated rings. The van der Waals surface area contributed by atoms with Gasteiger partial charge in [-0.3, -0.25) is 0 Å². The Morgan fingerprint density at radius 1 is 1.42 bits per heavy atom. The van der Waals surface area contributed by atoms with Gasteiger partial charge in [0, 0.05) is 12.5 Å². The second-order valence-corrected chi connectivity index (χ2v) is 6.43. The summed E-state index contributed by atoms with van der Waals surface area (Å²) in [5, 5.41) is -1.31. The Morgan fingerprint density at radius 2 is 2.04 bits per heavy atom. The highest BCUT2D eigenvalue weighted by Crippen LogP contribution is 2.46. The van der Waals surface area contributed by atoms with Crippen LogP contribution in [0.25, 0.3) is 0 Å². The fraction of sp³-hybridized carbons (Fsp3) is 0.471. The first-order valence-corrected chi connectivity index (χ1v) is 8.28. The topological polar surface area (TPSA) is 38.4 Å². The average Bonchev–Trinajstić information content (AvgIpc) is 2.73. The number of alkyl halides is 4. The summed E-state index contributed by atoms with van der Waals surface area (Å²) in [5.74, 6) is 6.98. The van der Waals surface area contributed by atoms with E-state index in [1.54, 1.807) is 13.0 Å². The van der Waals surface area contributed by atoms with E-state index < -0.39 is 17.1 Å². The number of nitrogens with zero attached hydrogens (tertiary/aromatic N) is 2. The van der Waals surface area contributed by atoms with Crippen LogP contribution < -0.4 is 5.84 Å². The molecule has 1 aliphatic heterocycles. The predicted octanol–water partition coefficient (Wildman–Crippen LogP) is 4.73. The molecule has 2 aliphatic rings. The molecule has 1 aliphatic carbocycles. The zero-order valence-corrected chi connectivity index (χ0v) is 15.0. The highest BCUT2D eigenvalue weighted by molar-refractivity contribution is 6.25. The van der Waals surface area contributed by atoms with Gasteiger partial charge in [-0.05, 0) is 32.4 Å². The fourth-order valence-corrected chi connectivity index (χ4v) is 3.40. The molecule has 0 radical (unpaired) electrons. The van der Waals surface area contributed by atoms with Gasteiger partial charge in [0.15, 0.2) is 5.70 Å². The van der Waals surface area contributed by atoms with E-state index in [1.165, 1.54) is 0 Å². The zero-order chi connectivity index (χ0) is 18.3. The van der Waals surface area contributed by atoms with Gasteiger partial charge in [-0.1, -0.05) is 18.6 Å². The lowest BCUT2D eigenvalue weighted by atomic mass is 9.91. The van der Waals surface area contributed by atoms with E-state index in [-0.39, 0.29) is 10.3 Å². The first-order valence-electron chi connectivity index (χ1n) is 7.85. The molecule has 24 heavy (non-hydrogen) atoms. The van der Waals surface area contributed by atoms with Crippen molar-refractivity contribution in [3.63, 3.8) is 0 Å². The minimum absolute atomic E-state index is 0.120. The maximum atomic E-state index is 13.4. The van der Waals surface area contributed by atoms with E-state index in [4.69, 9.17) is 17.4 Å². The Morgan fingerprint density at radius 3 is 2.54 bits per heavy atom. The van der Waals surface area contributed by atoms with Gasteiger partial charge in [-0.15, -0.1) is 11.6 Å². The Labute approximate surface area is 145 Å². The smallest absolute Gasteiger partial charge is 0.193 e. The molecule has 0 amide bonds. The molecule has 0 saturated heterocycles. The number of nitrogens with two attached hydrogens (primary N) is 1. The quantitative estimate of drug-likeness (QED) is 0.441. The lowest BCUT2D eigenvalue weighted by molar-refractivity contribution is -0.809. The third kappa shape index (κ3) is 3.10. The molecule has 1 heterocycles. The number of allylic oxidation sites excluding steroid dienone is 6. The monoisotopic (exact) mass is 360 g/mol. The first-order chi connectivity index (χ1) is 11.1. The molecule has 2 unspecified atom stereocenters. The summed E-state index contributed by atoms with van der Waals surface area (Å²) >= 11 is 6.24. The van der Waals surface area contributed by atoms with E-state index in [0.29, 0.717) is 23.7 Å². The SMILES string of the molecule is CCC=C(C)C=C1C2=C(C=C(C(F)(F)F)C1Cl)N=C(C)[N+]2(N)CC. The third-order valence-electron chi connectivity index (χ3n) is 4.35. The van der Waals surface area contributed by atoms with Crippen molar-refractivity contribution in [3.05, 3.63) is 46.3 Å². The van der Waals surface area contributed by atoms with E-state index in [0.717, 1.165) is 18.1 Å². The maximum absolute atomic E-state index is 13.4. The Bertz CT molecular complexity index is 698. The van der Waals surface area contributed by atoms with Crippen LogP contribution in [0.4, 0.5) is 13.2 Å². The minimum atomic E-state index is -4.52. The summed E-state index contributed by atoms with van der Waals surface area (Å²) in [4.78, 5) is 4.28. The second-order valence-electron chi connectivity index (χ2n) is 5.99. The molecule has 0 aromatic heterocycles. The number of hydrogen-bond donors (Lipinski definition) is 1. The molecule has 2 rings (SSSR count). The molecule has 3 nitrogen and oxygen atoms in total. The van der Waals surface area contributed by atoms with Crippen LogP contribution in [0.15, 0.2) is 51.3 Å². The molecule has 0 spiro atoms. The lowest BCUT2D eigenvalue weighted by Crippen LogP contribution is -2.56. The van der Waals surface area contributed by atoms with Crippen molar-refractivity contribution < 1.29 is 17.8 Å². The van der Waals surface area contributed by atoms with Crippen LogP contribution >= 0.6 is 11.6 Å². The molecular formula is C17H22ClF3N3+. The highest BCUT2D eigenvalue weighted by Gasteiger charge is 2.50. The number of likely N-dealkylation sites (N-methyl/N-ethyl adjacent to an activating group) is 1. The maximum Gasteiger partial charge on any atom is 0.414 e. The van der Waals surface area contributed by atoms with E-state index in [1.807, 2.05) is 26.8 Å². The summed E-state index contributed by atoms with van der Waals surface area (Å²) in [6, 6.07) is 0. The molecular weight excluding hydrogens is 339 g/mol. The summed E-state index contributed by atoms with van der Waals surface area (Å²) in [6.45, 7) is 7.86. The third-order valence-corrected chi connectivity index (χ3v) is 4.82. The zero-order valence-electron chi connectivity index (χ0n) is 14.2.